The van der Waals surface area contributed by atoms with E-state index in [4.69, 9.17) is 9.47 Å². The zero-order valence-electron chi connectivity index (χ0n) is 19.1. The molecule has 0 spiro atoms. The van der Waals surface area contributed by atoms with E-state index in [9.17, 15) is 26.4 Å². The largest absolute Gasteiger partial charge is 0.497 e. The summed E-state index contributed by atoms with van der Waals surface area (Å²) >= 11 is 0. The van der Waals surface area contributed by atoms with Crippen molar-refractivity contribution in [2.75, 3.05) is 13.7 Å². The molecular weight excluding hydrogens is 483 g/mol. The van der Waals surface area contributed by atoms with Crippen molar-refractivity contribution in [2.24, 2.45) is 0 Å². The van der Waals surface area contributed by atoms with Crippen LogP contribution in [0.5, 0.6) is 5.75 Å². The lowest BCUT2D eigenvalue weighted by Crippen LogP contribution is -2.30. The van der Waals surface area contributed by atoms with Crippen molar-refractivity contribution in [2.45, 2.75) is 31.1 Å². The number of halogens is 3. The lowest BCUT2D eigenvalue weighted by Gasteiger charge is -2.23. The summed E-state index contributed by atoms with van der Waals surface area (Å²) in [6, 6.07) is 16.5. The van der Waals surface area contributed by atoms with Crippen LogP contribution >= 0.6 is 0 Å². The number of sulfonamides is 1. The predicted molar refractivity (Wildman–Crippen MR) is 123 cm³/mol. The first-order chi connectivity index (χ1) is 16.5. The maximum absolute atomic E-state index is 13.5. The summed E-state index contributed by atoms with van der Waals surface area (Å²) in [5.41, 5.74) is 0.409. The van der Waals surface area contributed by atoms with Crippen molar-refractivity contribution in [3.63, 3.8) is 0 Å². The summed E-state index contributed by atoms with van der Waals surface area (Å²) in [5, 5.41) is 0. The van der Waals surface area contributed by atoms with Gasteiger partial charge in [-0.05, 0) is 60.5 Å². The highest BCUT2D eigenvalue weighted by atomic mass is 32.2. The Labute approximate surface area is 202 Å². The van der Waals surface area contributed by atoms with Gasteiger partial charge in [-0.3, -0.25) is 0 Å². The Morgan fingerprint density at radius 1 is 0.914 bits per heavy atom. The average molecular weight is 508 g/mol. The van der Waals surface area contributed by atoms with Crippen LogP contribution in [0.4, 0.5) is 13.2 Å². The van der Waals surface area contributed by atoms with E-state index in [1.165, 1.54) is 19.2 Å². The first kappa shape index (κ1) is 26.2. The average Bonchev–Trinajstić information content (AvgIpc) is 2.84. The van der Waals surface area contributed by atoms with E-state index in [0.717, 1.165) is 22.5 Å². The third-order valence-corrected chi connectivity index (χ3v) is 6.93. The second-order valence-corrected chi connectivity index (χ2v) is 9.50. The zero-order valence-corrected chi connectivity index (χ0v) is 19.9. The molecule has 0 amide bonds. The van der Waals surface area contributed by atoms with Crippen LogP contribution in [0.2, 0.25) is 0 Å². The van der Waals surface area contributed by atoms with Crippen molar-refractivity contribution < 1.29 is 35.9 Å². The molecular formula is C25H24F3NO5S. The molecule has 0 aliphatic carbocycles. The van der Waals surface area contributed by atoms with Gasteiger partial charge in [0, 0.05) is 13.1 Å². The minimum absolute atomic E-state index is 0.0950. The van der Waals surface area contributed by atoms with Crippen LogP contribution in [0, 0.1) is 0 Å². The lowest BCUT2D eigenvalue weighted by molar-refractivity contribution is -0.137. The highest BCUT2D eigenvalue weighted by Gasteiger charge is 2.33. The number of esters is 1. The molecule has 0 radical (unpaired) electrons. The van der Waals surface area contributed by atoms with Crippen molar-refractivity contribution >= 4 is 16.0 Å². The second kappa shape index (κ2) is 10.9. The number of ether oxygens (including phenoxy) is 2. The topological polar surface area (TPSA) is 72.9 Å². The number of carbonyl (C=O) groups is 1. The first-order valence-electron chi connectivity index (χ1n) is 10.6. The van der Waals surface area contributed by atoms with E-state index in [-0.39, 0.29) is 19.7 Å². The van der Waals surface area contributed by atoms with E-state index in [1.54, 1.807) is 43.3 Å². The molecule has 0 bridgehead atoms. The zero-order chi connectivity index (χ0) is 25.6. The van der Waals surface area contributed by atoms with Gasteiger partial charge in [0.05, 0.1) is 29.7 Å². The van der Waals surface area contributed by atoms with E-state index >= 15 is 0 Å². The quantitative estimate of drug-likeness (QED) is 0.369. The summed E-state index contributed by atoms with van der Waals surface area (Å²) in [4.78, 5) is 11.4. The molecule has 10 heteroatoms. The van der Waals surface area contributed by atoms with Crippen molar-refractivity contribution in [1.29, 1.82) is 0 Å². The normalized spacial score (nSPS) is 11.9. The van der Waals surface area contributed by atoms with Crippen LogP contribution in [-0.4, -0.2) is 32.4 Å². The highest BCUT2D eigenvalue weighted by molar-refractivity contribution is 7.89. The van der Waals surface area contributed by atoms with Crippen LogP contribution in [0.1, 0.15) is 34.0 Å². The monoisotopic (exact) mass is 507 g/mol. The van der Waals surface area contributed by atoms with Crippen LogP contribution in [0.25, 0.3) is 0 Å². The number of hydrogen-bond acceptors (Lipinski definition) is 5. The van der Waals surface area contributed by atoms with E-state index < -0.39 is 32.6 Å². The molecule has 0 N–H and O–H groups in total. The molecule has 6 nitrogen and oxygen atoms in total. The maximum Gasteiger partial charge on any atom is 0.416 e. The van der Waals surface area contributed by atoms with Crippen molar-refractivity contribution in [3.8, 4) is 5.75 Å². The van der Waals surface area contributed by atoms with Gasteiger partial charge in [-0.25, -0.2) is 13.2 Å². The van der Waals surface area contributed by atoms with Gasteiger partial charge < -0.3 is 9.47 Å². The van der Waals surface area contributed by atoms with Gasteiger partial charge in [0.15, 0.2) is 0 Å². The standard InChI is InChI=1S/C25H24F3NO5S/c1-3-34-24(30)20-11-7-18(8-12-20)16-29(17-19-9-13-22(33-2)14-10-19)35(31,32)23-6-4-5-21(15-23)25(26,27)28/h4-15H,3,16-17H2,1-2H3. The van der Waals surface area contributed by atoms with Gasteiger partial charge in [-0.1, -0.05) is 30.3 Å². The number of alkyl halides is 3. The van der Waals surface area contributed by atoms with Crippen molar-refractivity contribution in [3.05, 3.63) is 95.1 Å². The summed E-state index contributed by atoms with van der Waals surface area (Å²) in [7, 11) is -2.82. The number of rotatable bonds is 9. The van der Waals surface area contributed by atoms with Gasteiger partial charge in [0.2, 0.25) is 10.0 Å². The SMILES string of the molecule is CCOC(=O)c1ccc(CN(Cc2ccc(OC)cc2)S(=O)(=O)c2cccc(C(F)(F)F)c2)cc1. The fourth-order valence-corrected chi connectivity index (χ4v) is 4.77. The van der Waals surface area contributed by atoms with Crippen LogP contribution < -0.4 is 4.74 Å². The van der Waals surface area contributed by atoms with Gasteiger partial charge >= 0.3 is 12.1 Å². The smallest absolute Gasteiger partial charge is 0.416 e. The van der Waals surface area contributed by atoms with E-state index in [2.05, 4.69) is 0 Å². The van der Waals surface area contributed by atoms with Gasteiger partial charge in [0.25, 0.3) is 0 Å². The minimum Gasteiger partial charge on any atom is -0.497 e. The second-order valence-electron chi connectivity index (χ2n) is 7.56. The molecule has 3 aromatic carbocycles. The first-order valence-corrected chi connectivity index (χ1v) is 12.0. The highest BCUT2D eigenvalue weighted by Crippen LogP contribution is 2.32. The van der Waals surface area contributed by atoms with E-state index in [1.807, 2.05) is 0 Å². The molecule has 3 aromatic rings. The molecule has 0 heterocycles. The van der Waals surface area contributed by atoms with Gasteiger partial charge in [-0.2, -0.15) is 17.5 Å². The molecule has 0 saturated carbocycles. The van der Waals surface area contributed by atoms with Crippen molar-refractivity contribution in [1.82, 2.24) is 4.31 Å². The molecule has 0 fully saturated rings. The number of nitrogens with zero attached hydrogens (tertiary/aromatic N) is 1. The maximum atomic E-state index is 13.5. The summed E-state index contributed by atoms with van der Waals surface area (Å²) in [6.07, 6.45) is -4.69. The lowest BCUT2D eigenvalue weighted by atomic mass is 10.1. The Bertz CT molecular complexity index is 1260. The Kier molecular flexibility index (Phi) is 8.18. The molecule has 0 saturated heterocycles. The van der Waals surface area contributed by atoms with E-state index in [0.29, 0.717) is 28.5 Å². The van der Waals surface area contributed by atoms with Gasteiger partial charge in [-0.15, -0.1) is 0 Å². The molecule has 35 heavy (non-hydrogen) atoms. The minimum atomic E-state index is -4.69. The molecule has 0 aliphatic heterocycles. The fraction of sp³-hybridized carbons (Fsp3) is 0.240. The molecule has 0 aromatic heterocycles. The Morgan fingerprint density at radius 3 is 2.00 bits per heavy atom. The number of methoxy groups -OCH3 is 1. The molecule has 0 unspecified atom stereocenters. The van der Waals surface area contributed by atoms with Crippen LogP contribution in [0.3, 0.4) is 0 Å². The molecule has 0 aliphatic rings. The summed E-state index contributed by atoms with van der Waals surface area (Å²) < 4.78 is 77.8. The Balaban J connectivity index is 1.96. The fourth-order valence-electron chi connectivity index (χ4n) is 3.31. The number of hydrogen-bond donors (Lipinski definition) is 0. The van der Waals surface area contributed by atoms with Crippen LogP contribution in [-0.2, 0) is 34.0 Å². The Hall–Kier alpha value is -3.37. The molecule has 186 valence electrons. The number of carbonyl (C=O) groups excluding carboxylic acids is 1. The van der Waals surface area contributed by atoms with Gasteiger partial charge in [0.1, 0.15) is 5.75 Å². The predicted octanol–water partition coefficient (Wildman–Crippen LogP) is 5.28. The Morgan fingerprint density at radius 2 is 1.49 bits per heavy atom. The third-order valence-electron chi connectivity index (χ3n) is 5.14. The third kappa shape index (κ3) is 6.61. The molecule has 3 rings (SSSR count). The number of benzene rings is 3. The van der Waals surface area contributed by atoms with Crippen LogP contribution in [0.15, 0.2) is 77.7 Å². The summed E-state index contributed by atoms with van der Waals surface area (Å²) in [5.74, 6) is 0.0707. The molecule has 0 atom stereocenters. The summed E-state index contributed by atoms with van der Waals surface area (Å²) in [6.45, 7) is 1.67.